The number of carbonyl (C=O) groups is 2. The first-order chi connectivity index (χ1) is 16.6. The molecular weight excluding hydrogens is 488 g/mol. The third kappa shape index (κ3) is 5.44. The number of benzene rings is 1. The van der Waals surface area contributed by atoms with E-state index in [1.807, 2.05) is 13.8 Å². The number of carbonyl (C=O) groups excluding carboxylic acids is 2. The number of amides is 2. The molecule has 1 aromatic carbocycles. The zero-order chi connectivity index (χ0) is 25.3. The summed E-state index contributed by atoms with van der Waals surface area (Å²) in [5, 5.41) is 3.27. The summed E-state index contributed by atoms with van der Waals surface area (Å²) < 4.78 is 33.2. The average Bonchev–Trinajstić information content (AvgIpc) is 3.16. The highest BCUT2D eigenvalue weighted by atomic mass is 32.2. The van der Waals surface area contributed by atoms with Crippen molar-refractivity contribution >= 4 is 38.2 Å². The quantitative estimate of drug-likeness (QED) is 0.579. The average molecular weight is 521 g/mol. The van der Waals surface area contributed by atoms with Crippen molar-refractivity contribution in [2.75, 3.05) is 31.5 Å². The highest BCUT2D eigenvalue weighted by Crippen LogP contribution is 2.37. The molecule has 0 spiro atoms. The summed E-state index contributed by atoms with van der Waals surface area (Å²) in [5.41, 5.74) is 7.26. The van der Waals surface area contributed by atoms with Gasteiger partial charge in [-0.3, -0.25) is 14.5 Å². The molecule has 0 aliphatic carbocycles. The van der Waals surface area contributed by atoms with Crippen LogP contribution in [0.4, 0.5) is 5.00 Å². The van der Waals surface area contributed by atoms with Gasteiger partial charge in [-0.1, -0.05) is 6.92 Å². The van der Waals surface area contributed by atoms with E-state index in [2.05, 4.69) is 17.1 Å². The Balaban J connectivity index is 1.52. The second kappa shape index (κ2) is 10.4. The van der Waals surface area contributed by atoms with E-state index in [1.54, 1.807) is 0 Å². The van der Waals surface area contributed by atoms with Gasteiger partial charge in [0.2, 0.25) is 10.0 Å². The van der Waals surface area contributed by atoms with Crippen molar-refractivity contribution in [3.05, 3.63) is 45.8 Å². The molecule has 2 amide bonds. The van der Waals surface area contributed by atoms with Crippen molar-refractivity contribution in [3.63, 3.8) is 0 Å². The number of ether oxygens (including phenoxy) is 1. The van der Waals surface area contributed by atoms with Gasteiger partial charge in [0.1, 0.15) is 5.00 Å². The summed E-state index contributed by atoms with van der Waals surface area (Å²) in [6, 6.07) is 5.84. The lowest BCUT2D eigenvalue weighted by Gasteiger charge is -2.34. The van der Waals surface area contributed by atoms with Gasteiger partial charge in [0.15, 0.2) is 0 Å². The van der Waals surface area contributed by atoms with Gasteiger partial charge in [-0.2, -0.15) is 4.31 Å². The normalized spacial score (nSPS) is 21.5. The van der Waals surface area contributed by atoms with Crippen molar-refractivity contribution < 1.29 is 22.7 Å². The highest BCUT2D eigenvalue weighted by molar-refractivity contribution is 7.89. The Morgan fingerprint density at radius 3 is 2.43 bits per heavy atom. The minimum atomic E-state index is -3.70. The van der Waals surface area contributed by atoms with E-state index in [0.717, 1.165) is 36.5 Å². The molecule has 0 radical (unpaired) electrons. The first kappa shape index (κ1) is 25.8. The predicted molar refractivity (Wildman–Crippen MR) is 135 cm³/mol. The maximum absolute atomic E-state index is 13.1. The Morgan fingerprint density at radius 1 is 1.17 bits per heavy atom. The highest BCUT2D eigenvalue weighted by Gasteiger charge is 2.32. The standard InChI is InChI=1S/C24H32N4O5S2/c1-4-10-27-11-9-19-20(14-27)34-24(21(19)22(25)29)26-23(30)17-5-7-18(8-6-17)35(31,32)28-12-15(2)33-16(3)13-28/h5-8,15-16H,4,9-14H2,1-3H3,(H2,25,29)(H,26,30). The van der Waals surface area contributed by atoms with Crippen molar-refractivity contribution in [3.8, 4) is 0 Å². The number of hydrogen-bond acceptors (Lipinski definition) is 7. The second-order valence-corrected chi connectivity index (χ2v) is 12.2. The van der Waals surface area contributed by atoms with E-state index in [9.17, 15) is 18.0 Å². The molecule has 1 fully saturated rings. The van der Waals surface area contributed by atoms with Crippen LogP contribution in [0.3, 0.4) is 0 Å². The molecule has 3 N–H and O–H groups in total. The molecule has 2 aromatic rings. The summed E-state index contributed by atoms with van der Waals surface area (Å²) in [5.74, 6) is -0.980. The zero-order valence-corrected chi connectivity index (χ0v) is 21.9. The molecule has 2 atom stereocenters. The Hall–Kier alpha value is -2.31. The third-order valence-corrected chi connectivity index (χ3v) is 9.27. The van der Waals surface area contributed by atoms with Crippen LogP contribution in [0.25, 0.3) is 0 Å². The number of primary amides is 1. The predicted octanol–water partition coefficient (Wildman–Crippen LogP) is 2.67. The van der Waals surface area contributed by atoms with Crippen LogP contribution in [0, 0.1) is 0 Å². The minimum Gasteiger partial charge on any atom is -0.373 e. The fourth-order valence-electron chi connectivity index (χ4n) is 4.74. The van der Waals surface area contributed by atoms with Crippen LogP contribution in [0.1, 0.15) is 58.3 Å². The molecule has 3 heterocycles. The Bertz CT molecular complexity index is 1200. The topological polar surface area (TPSA) is 122 Å². The lowest BCUT2D eigenvalue weighted by atomic mass is 10.0. The molecule has 0 bridgehead atoms. The summed E-state index contributed by atoms with van der Waals surface area (Å²) in [4.78, 5) is 28.7. The fraction of sp³-hybridized carbons (Fsp3) is 0.500. The van der Waals surface area contributed by atoms with E-state index in [4.69, 9.17) is 10.5 Å². The lowest BCUT2D eigenvalue weighted by molar-refractivity contribution is -0.0440. The maximum atomic E-state index is 13.1. The number of morpholine rings is 1. The fourth-order valence-corrected chi connectivity index (χ4v) is 7.62. The number of hydrogen-bond donors (Lipinski definition) is 2. The molecule has 9 nitrogen and oxygen atoms in total. The van der Waals surface area contributed by atoms with Crippen LogP contribution in [-0.4, -0.2) is 67.8 Å². The largest absolute Gasteiger partial charge is 0.373 e. The van der Waals surface area contributed by atoms with E-state index in [-0.39, 0.29) is 30.2 Å². The molecule has 1 saturated heterocycles. The molecule has 0 saturated carbocycles. The number of fused-ring (bicyclic) bond motifs is 1. The van der Waals surface area contributed by atoms with Crippen LogP contribution in [0.5, 0.6) is 0 Å². The number of nitrogens with zero attached hydrogens (tertiary/aromatic N) is 2. The van der Waals surface area contributed by atoms with E-state index >= 15 is 0 Å². The van der Waals surface area contributed by atoms with E-state index in [0.29, 0.717) is 22.5 Å². The summed E-state index contributed by atoms with van der Waals surface area (Å²) in [6.07, 6.45) is 1.38. The van der Waals surface area contributed by atoms with Crippen LogP contribution >= 0.6 is 11.3 Å². The molecule has 190 valence electrons. The Morgan fingerprint density at radius 2 is 1.83 bits per heavy atom. The van der Waals surface area contributed by atoms with Crippen LogP contribution in [0.15, 0.2) is 29.2 Å². The zero-order valence-electron chi connectivity index (χ0n) is 20.2. The number of anilines is 1. The first-order valence-corrected chi connectivity index (χ1v) is 14.1. The van der Waals surface area contributed by atoms with Crippen molar-refractivity contribution in [2.24, 2.45) is 5.73 Å². The number of rotatable bonds is 7. The summed E-state index contributed by atoms with van der Waals surface area (Å²) in [6.45, 7) is 8.93. The SMILES string of the molecule is CCCN1CCc2c(sc(NC(=O)c3ccc(S(=O)(=O)N4CC(C)OC(C)C4)cc3)c2C(N)=O)C1. The Kier molecular flexibility index (Phi) is 7.62. The van der Waals surface area contributed by atoms with Crippen LogP contribution < -0.4 is 11.1 Å². The minimum absolute atomic E-state index is 0.121. The summed E-state index contributed by atoms with van der Waals surface area (Å²) in [7, 11) is -3.70. The van der Waals surface area contributed by atoms with Gasteiger partial charge >= 0.3 is 0 Å². The Labute approximate surface area is 210 Å². The summed E-state index contributed by atoms with van der Waals surface area (Å²) >= 11 is 1.38. The van der Waals surface area contributed by atoms with E-state index < -0.39 is 21.8 Å². The van der Waals surface area contributed by atoms with Gasteiger partial charge in [0, 0.05) is 36.6 Å². The molecule has 2 unspecified atom stereocenters. The van der Waals surface area contributed by atoms with Crippen molar-refractivity contribution in [2.45, 2.75) is 57.3 Å². The van der Waals surface area contributed by atoms with Crippen molar-refractivity contribution in [1.82, 2.24) is 9.21 Å². The van der Waals surface area contributed by atoms with Gasteiger partial charge < -0.3 is 15.8 Å². The van der Waals surface area contributed by atoms with Crippen LogP contribution in [-0.2, 0) is 27.7 Å². The molecule has 35 heavy (non-hydrogen) atoms. The van der Waals surface area contributed by atoms with Gasteiger partial charge in [-0.05, 0) is 63.1 Å². The van der Waals surface area contributed by atoms with Gasteiger partial charge in [0.25, 0.3) is 11.8 Å². The van der Waals surface area contributed by atoms with Crippen LogP contribution in [0.2, 0.25) is 0 Å². The third-order valence-electron chi connectivity index (χ3n) is 6.29. The maximum Gasteiger partial charge on any atom is 0.256 e. The van der Waals surface area contributed by atoms with Gasteiger partial charge in [0.05, 0.1) is 22.7 Å². The molecular formula is C24H32N4O5S2. The first-order valence-electron chi connectivity index (χ1n) is 11.8. The van der Waals surface area contributed by atoms with Gasteiger partial charge in [-0.15, -0.1) is 11.3 Å². The lowest BCUT2D eigenvalue weighted by Crippen LogP contribution is -2.48. The molecule has 4 rings (SSSR count). The molecule has 1 aromatic heterocycles. The molecule has 2 aliphatic rings. The van der Waals surface area contributed by atoms with Gasteiger partial charge in [-0.25, -0.2) is 8.42 Å². The number of nitrogens with two attached hydrogens (primary N) is 1. The monoisotopic (exact) mass is 520 g/mol. The molecule has 11 heteroatoms. The molecule has 2 aliphatic heterocycles. The van der Waals surface area contributed by atoms with Crippen molar-refractivity contribution in [1.29, 1.82) is 0 Å². The second-order valence-electron chi connectivity index (χ2n) is 9.16. The number of nitrogens with one attached hydrogen (secondary N) is 1. The number of thiophene rings is 1. The van der Waals surface area contributed by atoms with E-state index in [1.165, 1.54) is 39.9 Å². The number of sulfonamides is 1. The smallest absolute Gasteiger partial charge is 0.256 e.